The van der Waals surface area contributed by atoms with Crippen LogP contribution in [0.15, 0.2) is 61.1 Å². The summed E-state index contributed by atoms with van der Waals surface area (Å²) in [6, 6.07) is 15.8. The summed E-state index contributed by atoms with van der Waals surface area (Å²) in [6.45, 7) is 7.90. The number of hydrogen-bond donors (Lipinski definition) is 2. The van der Waals surface area contributed by atoms with E-state index in [9.17, 15) is 0 Å². The van der Waals surface area contributed by atoms with E-state index in [1.165, 1.54) is 0 Å². The van der Waals surface area contributed by atoms with Crippen LogP contribution in [0.4, 0.5) is 23.0 Å². The van der Waals surface area contributed by atoms with Gasteiger partial charge in [-0.05, 0) is 63.2 Å². The second-order valence-corrected chi connectivity index (χ2v) is 7.12. The fraction of sp³-hybridized carbons (Fsp3) is 0.217. The molecule has 0 unspecified atom stereocenters. The zero-order valence-electron chi connectivity index (χ0n) is 17.9. The third-order valence-electron chi connectivity index (χ3n) is 5.08. The van der Waals surface area contributed by atoms with Crippen molar-refractivity contribution in [3.8, 4) is 16.9 Å². The molecular formula is C23H26N8. The summed E-state index contributed by atoms with van der Waals surface area (Å²) >= 11 is 0. The zero-order chi connectivity index (χ0) is 21.8. The number of aromatic nitrogens is 5. The molecule has 2 aromatic carbocycles. The van der Waals surface area contributed by atoms with E-state index in [1.807, 2.05) is 49.4 Å². The van der Waals surface area contributed by atoms with E-state index in [-0.39, 0.29) is 0 Å². The fourth-order valence-corrected chi connectivity index (χ4v) is 3.42. The lowest BCUT2D eigenvalue weighted by molar-refractivity contribution is 0.863. The number of nitrogen functional groups attached to an aromatic ring is 1. The minimum Gasteiger partial charge on any atom is -0.397 e. The molecule has 0 aliphatic carbocycles. The molecule has 8 nitrogen and oxygen atoms in total. The average molecular weight is 415 g/mol. The SMILES string of the molecule is CCN(CC)c1cc(-c2ccnc(Nc3ccc(-n4cnc(C)n4)cc3)n2)ccc1N. The highest BCUT2D eigenvalue weighted by Gasteiger charge is 2.10. The van der Waals surface area contributed by atoms with Crippen LogP contribution in [-0.4, -0.2) is 37.8 Å². The molecule has 0 saturated heterocycles. The summed E-state index contributed by atoms with van der Waals surface area (Å²) in [6.07, 6.45) is 3.45. The summed E-state index contributed by atoms with van der Waals surface area (Å²) in [7, 11) is 0. The maximum atomic E-state index is 6.21. The number of anilines is 4. The summed E-state index contributed by atoms with van der Waals surface area (Å²) in [5.74, 6) is 1.27. The number of nitrogens with two attached hydrogens (primary N) is 1. The maximum Gasteiger partial charge on any atom is 0.227 e. The van der Waals surface area contributed by atoms with Crippen LogP contribution in [0.2, 0.25) is 0 Å². The van der Waals surface area contributed by atoms with Gasteiger partial charge in [-0.15, -0.1) is 0 Å². The highest BCUT2D eigenvalue weighted by Crippen LogP contribution is 2.29. The molecule has 0 fully saturated rings. The average Bonchev–Trinajstić information content (AvgIpc) is 3.23. The molecule has 4 rings (SSSR count). The van der Waals surface area contributed by atoms with Gasteiger partial charge in [0.25, 0.3) is 0 Å². The highest BCUT2D eigenvalue weighted by molar-refractivity contribution is 5.76. The van der Waals surface area contributed by atoms with Gasteiger partial charge in [0.2, 0.25) is 5.95 Å². The topological polar surface area (TPSA) is 97.8 Å². The van der Waals surface area contributed by atoms with E-state index in [2.05, 4.69) is 45.2 Å². The van der Waals surface area contributed by atoms with Crippen molar-refractivity contribution in [2.45, 2.75) is 20.8 Å². The number of nitrogens with one attached hydrogen (secondary N) is 1. The second kappa shape index (κ2) is 8.83. The molecule has 31 heavy (non-hydrogen) atoms. The molecule has 0 radical (unpaired) electrons. The van der Waals surface area contributed by atoms with Crippen LogP contribution < -0.4 is 16.0 Å². The monoisotopic (exact) mass is 414 g/mol. The third kappa shape index (κ3) is 4.48. The molecule has 0 saturated carbocycles. The van der Waals surface area contributed by atoms with Crippen molar-refractivity contribution in [2.24, 2.45) is 0 Å². The molecule has 0 spiro atoms. The van der Waals surface area contributed by atoms with Gasteiger partial charge >= 0.3 is 0 Å². The standard InChI is InChI=1S/C23H26N8/c1-4-30(5-2)22-14-17(6-11-20(22)24)21-12-13-25-23(28-21)27-18-7-9-19(10-8-18)31-15-26-16(3)29-31/h6-15H,4-5,24H2,1-3H3,(H,25,27,28). The first-order valence-electron chi connectivity index (χ1n) is 10.3. The predicted octanol–water partition coefficient (Wildman–Crippen LogP) is 4.20. The summed E-state index contributed by atoms with van der Waals surface area (Å²) in [5, 5.41) is 7.59. The Morgan fingerprint density at radius 3 is 2.45 bits per heavy atom. The van der Waals surface area contributed by atoms with Crippen molar-refractivity contribution in [1.82, 2.24) is 24.7 Å². The van der Waals surface area contributed by atoms with Gasteiger partial charge in [0.05, 0.1) is 22.8 Å². The lowest BCUT2D eigenvalue weighted by Gasteiger charge is -2.23. The van der Waals surface area contributed by atoms with E-state index in [1.54, 1.807) is 17.2 Å². The number of rotatable bonds is 7. The van der Waals surface area contributed by atoms with Crippen LogP contribution in [0.5, 0.6) is 0 Å². The van der Waals surface area contributed by atoms with Crippen LogP contribution in [-0.2, 0) is 0 Å². The quantitative estimate of drug-likeness (QED) is 0.437. The largest absolute Gasteiger partial charge is 0.397 e. The normalized spacial score (nSPS) is 10.8. The van der Waals surface area contributed by atoms with Crippen LogP contribution in [0.25, 0.3) is 16.9 Å². The van der Waals surface area contributed by atoms with Crippen molar-refractivity contribution in [2.75, 3.05) is 29.0 Å². The molecule has 158 valence electrons. The summed E-state index contributed by atoms with van der Waals surface area (Å²) in [4.78, 5) is 15.5. The van der Waals surface area contributed by atoms with Crippen molar-refractivity contribution >= 4 is 23.0 Å². The first-order valence-corrected chi connectivity index (χ1v) is 10.3. The third-order valence-corrected chi connectivity index (χ3v) is 5.08. The van der Waals surface area contributed by atoms with E-state index in [0.29, 0.717) is 5.95 Å². The first kappa shape index (κ1) is 20.3. The van der Waals surface area contributed by atoms with Crippen molar-refractivity contribution < 1.29 is 0 Å². The van der Waals surface area contributed by atoms with Crippen molar-refractivity contribution in [3.05, 3.63) is 66.9 Å². The van der Waals surface area contributed by atoms with E-state index >= 15 is 0 Å². The molecular weight excluding hydrogens is 388 g/mol. The molecule has 2 heterocycles. The number of hydrogen-bond acceptors (Lipinski definition) is 7. The molecule has 8 heteroatoms. The molecule has 0 aliphatic rings. The van der Waals surface area contributed by atoms with Gasteiger partial charge in [0, 0.05) is 30.5 Å². The molecule has 0 amide bonds. The van der Waals surface area contributed by atoms with Gasteiger partial charge in [0.15, 0.2) is 0 Å². The van der Waals surface area contributed by atoms with Crippen LogP contribution in [0, 0.1) is 6.92 Å². The Balaban J connectivity index is 1.56. The number of aryl methyl sites for hydroxylation is 1. The molecule has 0 aliphatic heterocycles. The Labute approximate surface area is 181 Å². The van der Waals surface area contributed by atoms with E-state index in [4.69, 9.17) is 10.7 Å². The molecule has 0 bridgehead atoms. The van der Waals surface area contributed by atoms with E-state index in [0.717, 1.165) is 52.9 Å². The molecule has 3 N–H and O–H groups in total. The Kier molecular flexibility index (Phi) is 5.79. The van der Waals surface area contributed by atoms with Gasteiger partial charge in [-0.25, -0.2) is 19.6 Å². The van der Waals surface area contributed by atoms with Gasteiger partial charge < -0.3 is 16.0 Å². The smallest absolute Gasteiger partial charge is 0.227 e. The minimum atomic E-state index is 0.531. The van der Waals surface area contributed by atoms with Gasteiger partial charge in [-0.3, -0.25) is 0 Å². The fourth-order valence-electron chi connectivity index (χ4n) is 3.42. The molecule has 4 aromatic rings. The van der Waals surface area contributed by atoms with Crippen LogP contribution >= 0.6 is 0 Å². The highest BCUT2D eigenvalue weighted by atomic mass is 15.3. The number of benzene rings is 2. The van der Waals surface area contributed by atoms with Gasteiger partial charge in [0.1, 0.15) is 12.2 Å². The van der Waals surface area contributed by atoms with Crippen molar-refractivity contribution in [3.63, 3.8) is 0 Å². The summed E-state index contributed by atoms with van der Waals surface area (Å²) < 4.78 is 1.74. The Hall–Kier alpha value is -3.94. The number of nitrogens with zero attached hydrogens (tertiary/aromatic N) is 6. The van der Waals surface area contributed by atoms with Crippen molar-refractivity contribution in [1.29, 1.82) is 0 Å². The second-order valence-electron chi connectivity index (χ2n) is 7.12. The Morgan fingerprint density at radius 1 is 1.00 bits per heavy atom. The lowest BCUT2D eigenvalue weighted by atomic mass is 10.1. The molecule has 2 aromatic heterocycles. The van der Waals surface area contributed by atoms with Crippen LogP contribution in [0.1, 0.15) is 19.7 Å². The van der Waals surface area contributed by atoms with Gasteiger partial charge in [-0.2, -0.15) is 5.10 Å². The van der Waals surface area contributed by atoms with Crippen LogP contribution in [0.3, 0.4) is 0 Å². The predicted molar refractivity (Wildman–Crippen MR) is 125 cm³/mol. The minimum absolute atomic E-state index is 0.531. The Morgan fingerprint density at radius 2 is 1.77 bits per heavy atom. The van der Waals surface area contributed by atoms with E-state index < -0.39 is 0 Å². The summed E-state index contributed by atoms with van der Waals surface area (Å²) in [5.41, 5.74) is 11.7. The lowest BCUT2D eigenvalue weighted by Crippen LogP contribution is -2.22. The van der Waals surface area contributed by atoms with Gasteiger partial charge in [-0.1, -0.05) is 6.07 Å². The Bertz CT molecular complexity index is 1160. The molecule has 0 atom stereocenters. The zero-order valence-corrected chi connectivity index (χ0v) is 17.9. The maximum absolute atomic E-state index is 6.21. The first-order chi connectivity index (χ1) is 15.1.